The number of piperidine rings is 1. The molecule has 0 radical (unpaired) electrons. The average molecular weight is 392 g/mol. The normalized spacial score (nSPS) is 17.6. The van der Waals surface area contributed by atoms with E-state index < -0.39 is 6.43 Å². The maximum Gasteiger partial charge on any atom is 0.264 e. The molecule has 1 aliphatic rings. The minimum atomic E-state index is -2.70. The number of benzene rings is 2. The summed E-state index contributed by atoms with van der Waals surface area (Å²) in [5.41, 5.74) is 3.63. The van der Waals surface area contributed by atoms with Crippen LogP contribution in [0.15, 0.2) is 36.4 Å². The molecule has 1 aromatic heterocycles. The molecule has 1 saturated heterocycles. The van der Waals surface area contributed by atoms with Gasteiger partial charge in [-0.3, -0.25) is 0 Å². The molecule has 1 fully saturated rings. The summed E-state index contributed by atoms with van der Waals surface area (Å²) < 4.78 is 27.3. The van der Waals surface area contributed by atoms with E-state index in [-0.39, 0.29) is 11.1 Å². The highest BCUT2D eigenvalue weighted by Gasteiger charge is 2.23. The van der Waals surface area contributed by atoms with Crippen LogP contribution in [-0.2, 0) is 0 Å². The van der Waals surface area contributed by atoms with Crippen LogP contribution in [0.5, 0.6) is 0 Å². The Hall–Kier alpha value is -2.91. The van der Waals surface area contributed by atoms with Crippen LogP contribution in [0.3, 0.4) is 0 Å². The van der Waals surface area contributed by atoms with Gasteiger partial charge in [-0.05, 0) is 62.5 Å². The van der Waals surface area contributed by atoms with Crippen molar-refractivity contribution >= 4 is 10.9 Å². The Labute approximate surface area is 168 Å². The van der Waals surface area contributed by atoms with Crippen molar-refractivity contribution < 1.29 is 8.78 Å². The summed E-state index contributed by atoms with van der Waals surface area (Å²) in [5.74, 6) is 0.392. The molecule has 6 heteroatoms. The van der Waals surface area contributed by atoms with Crippen molar-refractivity contribution in [3.8, 4) is 17.3 Å². The van der Waals surface area contributed by atoms with Gasteiger partial charge in [-0.25, -0.2) is 8.78 Å². The fraction of sp³-hybridized carbons (Fsp3) is 0.348. The number of aryl methyl sites for hydroxylation is 1. The van der Waals surface area contributed by atoms with E-state index in [1.54, 1.807) is 12.1 Å². The topological polar surface area (TPSA) is 52.8 Å². The first kappa shape index (κ1) is 19.4. The summed E-state index contributed by atoms with van der Waals surface area (Å²) in [7, 11) is 2.13. The van der Waals surface area contributed by atoms with E-state index in [0.29, 0.717) is 17.2 Å². The van der Waals surface area contributed by atoms with Crippen LogP contribution < -0.4 is 0 Å². The number of nitrogens with zero attached hydrogens (tertiary/aromatic N) is 4. The van der Waals surface area contributed by atoms with Gasteiger partial charge in [0.25, 0.3) is 6.43 Å². The molecule has 0 amide bonds. The summed E-state index contributed by atoms with van der Waals surface area (Å²) in [6.45, 7) is 3.98. The first-order valence-electron chi connectivity index (χ1n) is 9.76. The number of likely N-dealkylation sites (N-methyl/N-ethyl adjacent to an activating group) is 1. The molecule has 1 unspecified atom stereocenters. The quantitative estimate of drug-likeness (QED) is 0.613. The minimum Gasteiger partial charge on any atom is -0.306 e. The van der Waals surface area contributed by atoms with E-state index in [1.807, 2.05) is 25.1 Å². The summed E-state index contributed by atoms with van der Waals surface area (Å²) in [4.78, 5) is 2.33. The molecule has 0 bridgehead atoms. The van der Waals surface area contributed by atoms with Gasteiger partial charge in [-0.15, -0.1) is 10.2 Å². The number of nitriles is 1. The third-order valence-corrected chi connectivity index (χ3v) is 5.81. The van der Waals surface area contributed by atoms with Crippen molar-refractivity contribution in [1.82, 2.24) is 15.1 Å². The lowest BCUT2D eigenvalue weighted by Gasteiger charge is -2.30. The predicted octanol–water partition coefficient (Wildman–Crippen LogP) is 5.22. The van der Waals surface area contributed by atoms with Gasteiger partial charge in [0.05, 0.1) is 22.8 Å². The van der Waals surface area contributed by atoms with Crippen molar-refractivity contribution in [2.45, 2.75) is 32.1 Å². The number of alkyl halides is 2. The van der Waals surface area contributed by atoms with E-state index in [4.69, 9.17) is 5.26 Å². The molecule has 0 N–H and O–H groups in total. The molecule has 0 spiro atoms. The van der Waals surface area contributed by atoms with Crippen LogP contribution in [0.2, 0.25) is 0 Å². The molecule has 29 heavy (non-hydrogen) atoms. The second kappa shape index (κ2) is 7.84. The number of likely N-dealkylation sites (tertiary alicyclic amines) is 1. The number of hydrogen-bond acceptors (Lipinski definition) is 4. The first-order valence-corrected chi connectivity index (χ1v) is 9.76. The number of hydrogen-bond donors (Lipinski definition) is 0. The van der Waals surface area contributed by atoms with Gasteiger partial charge >= 0.3 is 0 Å². The lowest BCUT2D eigenvalue weighted by molar-refractivity contribution is 0.152. The molecule has 0 aliphatic carbocycles. The van der Waals surface area contributed by atoms with Crippen LogP contribution in [0.25, 0.3) is 22.2 Å². The molecule has 3 aromatic rings. The SMILES string of the molecule is Cc1c(-c2ccc(C#N)cc2C(F)F)nnc2c(C3CCCN(C)C3)cccc12. The number of aromatic nitrogens is 2. The maximum atomic E-state index is 13.7. The highest BCUT2D eigenvalue weighted by Crippen LogP contribution is 2.36. The molecule has 0 saturated carbocycles. The van der Waals surface area contributed by atoms with Crippen LogP contribution >= 0.6 is 0 Å². The molecule has 4 rings (SSSR count). The predicted molar refractivity (Wildman–Crippen MR) is 109 cm³/mol. The van der Waals surface area contributed by atoms with Crippen molar-refractivity contribution in [3.05, 3.63) is 58.7 Å². The standard InChI is InChI=1S/C23H22F2N4/c1-14-17-6-3-7-18(16-5-4-10-29(2)13-16)22(17)28-27-21(14)19-9-8-15(12-26)11-20(19)23(24)25/h3,6-9,11,16,23H,4-5,10,13H2,1-2H3. The lowest BCUT2D eigenvalue weighted by Crippen LogP contribution is -2.31. The molecule has 2 aromatic carbocycles. The zero-order valence-electron chi connectivity index (χ0n) is 16.5. The van der Waals surface area contributed by atoms with Crippen LogP contribution in [0, 0.1) is 18.3 Å². The zero-order valence-corrected chi connectivity index (χ0v) is 16.5. The Morgan fingerprint density at radius 2 is 2.03 bits per heavy atom. The Morgan fingerprint density at radius 1 is 1.21 bits per heavy atom. The third-order valence-electron chi connectivity index (χ3n) is 5.81. The number of halogens is 2. The van der Waals surface area contributed by atoms with Gasteiger partial charge in [0.1, 0.15) is 0 Å². The van der Waals surface area contributed by atoms with Gasteiger partial charge < -0.3 is 4.90 Å². The van der Waals surface area contributed by atoms with Crippen molar-refractivity contribution in [2.24, 2.45) is 0 Å². The monoisotopic (exact) mass is 392 g/mol. The second-order valence-corrected chi connectivity index (χ2v) is 7.73. The van der Waals surface area contributed by atoms with E-state index >= 15 is 0 Å². The second-order valence-electron chi connectivity index (χ2n) is 7.73. The molecule has 2 heterocycles. The summed E-state index contributed by atoms with van der Waals surface area (Å²) in [6.07, 6.45) is -0.443. The van der Waals surface area contributed by atoms with E-state index in [0.717, 1.165) is 42.4 Å². The van der Waals surface area contributed by atoms with Gasteiger partial charge in [0.2, 0.25) is 0 Å². The first-order chi connectivity index (χ1) is 14.0. The Morgan fingerprint density at radius 3 is 2.76 bits per heavy atom. The fourth-order valence-electron chi connectivity index (χ4n) is 4.31. The largest absolute Gasteiger partial charge is 0.306 e. The third kappa shape index (κ3) is 3.58. The van der Waals surface area contributed by atoms with Crippen molar-refractivity contribution in [1.29, 1.82) is 5.26 Å². The van der Waals surface area contributed by atoms with Gasteiger partial charge in [0, 0.05) is 23.1 Å². The van der Waals surface area contributed by atoms with Gasteiger partial charge in [-0.2, -0.15) is 5.26 Å². The minimum absolute atomic E-state index is 0.189. The zero-order chi connectivity index (χ0) is 20.5. The van der Waals surface area contributed by atoms with E-state index in [2.05, 4.69) is 28.2 Å². The molecule has 1 aliphatic heterocycles. The average Bonchev–Trinajstić information content (AvgIpc) is 2.73. The molecular formula is C23H22F2N4. The highest BCUT2D eigenvalue weighted by molar-refractivity contribution is 5.89. The van der Waals surface area contributed by atoms with Crippen LogP contribution in [0.4, 0.5) is 8.78 Å². The smallest absolute Gasteiger partial charge is 0.264 e. The summed E-state index contributed by atoms with van der Waals surface area (Å²) in [5, 5.41) is 18.8. The lowest BCUT2D eigenvalue weighted by atomic mass is 9.88. The maximum absolute atomic E-state index is 13.7. The van der Waals surface area contributed by atoms with E-state index in [1.165, 1.54) is 11.6 Å². The Bertz CT molecular complexity index is 1100. The van der Waals surface area contributed by atoms with E-state index in [9.17, 15) is 8.78 Å². The molecule has 148 valence electrons. The summed E-state index contributed by atoms with van der Waals surface area (Å²) >= 11 is 0. The van der Waals surface area contributed by atoms with Crippen molar-refractivity contribution in [2.75, 3.05) is 20.1 Å². The Balaban J connectivity index is 1.85. The fourth-order valence-corrected chi connectivity index (χ4v) is 4.31. The van der Waals surface area contributed by atoms with Crippen molar-refractivity contribution in [3.63, 3.8) is 0 Å². The molecule has 4 nitrogen and oxygen atoms in total. The van der Waals surface area contributed by atoms with Crippen LogP contribution in [0.1, 0.15) is 47.4 Å². The van der Waals surface area contributed by atoms with Gasteiger partial charge in [0.15, 0.2) is 0 Å². The number of rotatable bonds is 3. The molecular weight excluding hydrogens is 370 g/mol. The summed E-state index contributed by atoms with van der Waals surface area (Å²) in [6, 6.07) is 12.3. The molecule has 1 atom stereocenters. The van der Waals surface area contributed by atoms with Gasteiger partial charge in [-0.1, -0.05) is 24.3 Å². The Kier molecular flexibility index (Phi) is 5.25. The van der Waals surface area contributed by atoms with Crippen LogP contribution in [-0.4, -0.2) is 35.2 Å². The number of fused-ring (bicyclic) bond motifs is 1. The highest BCUT2D eigenvalue weighted by atomic mass is 19.3.